The smallest absolute Gasteiger partial charge is 0.300 e. The molecule has 19 heavy (non-hydrogen) atoms. The number of nitrogens with one attached hydrogen (secondary N) is 2. The summed E-state index contributed by atoms with van der Waals surface area (Å²) >= 11 is 0. The molecule has 0 saturated carbocycles. The Kier molecular flexibility index (Phi) is 6.29. The van der Waals surface area contributed by atoms with Crippen molar-refractivity contribution in [3.05, 3.63) is 23.9 Å². The molecule has 0 radical (unpaired) electrons. The van der Waals surface area contributed by atoms with Crippen molar-refractivity contribution in [1.29, 1.82) is 0 Å². The molecule has 1 aromatic rings. The number of rotatable bonds is 6. The van der Waals surface area contributed by atoms with Crippen LogP contribution < -0.4 is 9.44 Å². The number of nitrogens with zero attached hydrogens (tertiary/aromatic N) is 1. The lowest BCUT2D eigenvalue weighted by atomic mass is 10.3. The van der Waals surface area contributed by atoms with Crippen molar-refractivity contribution >= 4 is 16.0 Å². The molecule has 1 heterocycles. The fourth-order valence-corrected chi connectivity index (χ4v) is 2.11. The highest BCUT2D eigenvalue weighted by Gasteiger charge is 2.09. The van der Waals surface area contributed by atoms with Gasteiger partial charge in [0.15, 0.2) is 0 Å². The van der Waals surface area contributed by atoms with Crippen LogP contribution in [0.5, 0.6) is 0 Å². The molecular formula is C12H17N3O3S. The van der Waals surface area contributed by atoms with Crippen LogP contribution >= 0.6 is 0 Å². The van der Waals surface area contributed by atoms with Crippen molar-refractivity contribution in [2.45, 2.75) is 19.8 Å². The van der Waals surface area contributed by atoms with Crippen molar-refractivity contribution in [3.63, 3.8) is 0 Å². The third kappa shape index (κ3) is 6.20. The maximum Gasteiger partial charge on any atom is 0.300 e. The number of aliphatic hydroxyl groups is 1. The molecule has 0 atom stereocenters. The second kappa shape index (κ2) is 7.74. The number of aromatic nitrogens is 1. The zero-order valence-electron chi connectivity index (χ0n) is 10.7. The summed E-state index contributed by atoms with van der Waals surface area (Å²) in [4.78, 5) is 4.05. The fraction of sp³-hybridized carbons (Fsp3) is 0.417. The molecule has 6 nitrogen and oxygen atoms in total. The highest BCUT2D eigenvalue weighted by molar-refractivity contribution is 7.90. The van der Waals surface area contributed by atoms with Gasteiger partial charge in [-0.1, -0.05) is 18.9 Å². The molecule has 0 aliphatic heterocycles. The number of hydrogen-bond acceptors (Lipinski definition) is 4. The molecule has 0 saturated heterocycles. The first-order valence-corrected chi connectivity index (χ1v) is 7.40. The molecule has 0 bridgehead atoms. The number of aliphatic hydroxyl groups excluding tert-OH is 1. The predicted octanol–water partition coefficient (Wildman–Crippen LogP) is 0.472. The Bertz CT molecular complexity index is 561. The van der Waals surface area contributed by atoms with Crippen molar-refractivity contribution < 1.29 is 13.5 Å². The van der Waals surface area contributed by atoms with Gasteiger partial charge in [0.05, 0.1) is 6.61 Å². The van der Waals surface area contributed by atoms with E-state index in [0.29, 0.717) is 25.1 Å². The Labute approximate surface area is 113 Å². The van der Waals surface area contributed by atoms with Crippen LogP contribution in [0.25, 0.3) is 0 Å². The van der Waals surface area contributed by atoms with Gasteiger partial charge in [-0.25, -0.2) is 4.98 Å². The third-order valence-corrected chi connectivity index (χ3v) is 3.05. The van der Waals surface area contributed by atoms with Gasteiger partial charge in [0.2, 0.25) is 0 Å². The predicted molar refractivity (Wildman–Crippen MR) is 73.7 cm³/mol. The molecule has 7 heteroatoms. The molecule has 0 amide bonds. The van der Waals surface area contributed by atoms with E-state index in [9.17, 15) is 8.42 Å². The third-order valence-electron chi connectivity index (χ3n) is 1.98. The van der Waals surface area contributed by atoms with Gasteiger partial charge in [-0.3, -0.25) is 4.72 Å². The second-order valence-electron chi connectivity index (χ2n) is 3.68. The summed E-state index contributed by atoms with van der Waals surface area (Å²) in [7, 11) is -3.59. The molecular weight excluding hydrogens is 266 g/mol. The van der Waals surface area contributed by atoms with Crippen molar-refractivity contribution in [3.8, 4) is 11.8 Å². The topological polar surface area (TPSA) is 91.3 Å². The summed E-state index contributed by atoms with van der Waals surface area (Å²) < 4.78 is 27.9. The van der Waals surface area contributed by atoms with Crippen LogP contribution in [-0.4, -0.2) is 31.7 Å². The average Bonchev–Trinajstić information content (AvgIpc) is 2.37. The van der Waals surface area contributed by atoms with E-state index in [1.54, 1.807) is 18.2 Å². The Morgan fingerprint density at radius 3 is 2.89 bits per heavy atom. The molecule has 0 spiro atoms. The summed E-state index contributed by atoms with van der Waals surface area (Å²) in [5.41, 5.74) is 0.448. The summed E-state index contributed by atoms with van der Waals surface area (Å²) in [6.45, 7) is 2.23. The minimum absolute atomic E-state index is 0.0136. The number of hydrogen-bond donors (Lipinski definition) is 3. The first-order chi connectivity index (χ1) is 9.07. The van der Waals surface area contributed by atoms with Crippen molar-refractivity contribution in [2.24, 2.45) is 0 Å². The van der Waals surface area contributed by atoms with E-state index in [4.69, 9.17) is 5.11 Å². The van der Waals surface area contributed by atoms with Gasteiger partial charge in [0.25, 0.3) is 10.2 Å². The zero-order valence-corrected chi connectivity index (χ0v) is 11.5. The Hall–Kier alpha value is -1.62. The van der Waals surface area contributed by atoms with Crippen LogP contribution in [0.4, 0.5) is 5.82 Å². The highest BCUT2D eigenvalue weighted by Crippen LogP contribution is 2.05. The van der Waals surface area contributed by atoms with Crippen LogP contribution in [0.2, 0.25) is 0 Å². The van der Waals surface area contributed by atoms with Crippen molar-refractivity contribution in [2.75, 3.05) is 17.9 Å². The van der Waals surface area contributed by atoms with E-state index >= 15 is 0 Å². The average molecular weight is 283 g/mol. The lowest BCUT2D eigenvalue weighted by Crippen LogP contribution is -2.31. The van der Waals surface area contributed by atoms with Gasteiger partial charge < -0.3 is 5.11 Å². The molecule has 0 fully saturated rings. The van der Waals surface area contributed by atoms with E-state index in [1.165, 1.54) is 0 Å². The second-order valence-corrected chi connectivity index (χ2v) is 5.18. The maximum atomic E-state index is 11.6. The first-order valence-electron chi connectivity index (χ1n) is 5.91. The van der Waals surface area contributed by atoms with Crippen molar-refractivity contribution in [1.82, 2.24) is 9.71 Å². The van der Waals surface area contributed by atoms with Gasteiger partial charge >= 0.3 is 0 Å². The zero-order chi connectivity index (χ0) is 14.1. The lowest BCUT2D eigenvalue weighted by Gasteiger charge is -2.07. The molecule has 1 rings (SSSR count). The SMILES string of the molecule is CCCNS(=O)(=O)Nc1cccc(C#CCCO)n1. The van der Waals surface area contributed by atoms with Gasteiger partial charge in [0, 0.05) is 13.0 Å². The Morgan fingerprint density at radius 1 is 1.42 bits per heavy atom. The van der Waals surface area contributed by atoms with Gasteiger partial charge in [-0.2, -0.15) is 13.1 Å². The standard InChI is InChI=1S/C12H17N3O3S/c1-2-9-13-19(17,18)15-12-8-5-7-11(14-12)6-3-4-10-16/h5,7-8,13,16H,2,4,9-10H2,1H3,(H,14,15). The minimum atomic E-state index is -3.59. The van der Waals surface area contributed by atoms with E-state index in [2.05, 4.69) is 26.3 Å². The molecule has 0 aliphatic rings. The van der Waals surface area contributed by atoms with E-state index in [0.717, 1.165) is 0 Å². The summed E-state index contributed by atoms with van der Waals surface area (Å²) in [5, 5.41) is 8.61. The van der Waals surface area contributed by atoms with Crippen LogP contribution in [0.15, 0.2) is 18.2 Å². The fourth-order valence-electron chi connectivity index (χ4n) is 1.18. The Balaban J connectivity index is 2.75. The monoisotopic (exact) mass is 283 g/mol. The van der Waals surface area contributed by atoms with Gasteiger partial charge in [0.1, 0.15) is 11.5 Å². The van der Waals surface area contributed by atoms with Crippen LogP contribution in [0, 0.1) is 11.8 Å². The molecule has 0 aromatic carbocycles. The normalized spacial score (nSPS) is 10.6. The van der Waals surface area contributed by atoms with Crippen LogP contribution in [0.1, 0.15) is 25.5 Å². The van der Waals surface area contributed by atoms with Gasteiger partial charge in [-0.05, 0) is 24.5 Å². The number of anilines is 1. The molecule has 104 valence electrons. The Morgan fingerprint density at radius 2 is 2.21 bits per heavy atom. The number of pyridine rings is 1. The highest BCUT2D eigenvalue weighted by atomic mass is 32.2. The van der Waals surface area contributed by atoms with E-state index < -0.39 is 10.2 Å². The summed E-state index contributed by atoms with van der Waals surface area (Å²) in [6.07, 6.45) is 1.07. The van der Waals surface area contributed by atoms with Gasteiger partial charge in [-0.15, -0.1) is 0 Å². The molecule has 0 aliphatic carbocycles. The van der Waals surface area contributed by atoms with E-state index in [1.807, 2.05) is 6.92 Å². The summed E-state index contributed by atoms with van der Waals surface area (Å²) in [5.74, 6) is 5.67. The summed E-state index contributed by atoms with van der Waals surface area (Å²) in [6, 6.07) is 4.87. The minimum Gasteiger partial charge on any atom is -0.395 e. The maximum absolute atomic E-state index is 11.6. The quantitative estimate of drug-likeness (QED) is 0.662. The molecule has 1 aromatic heterocycles. The molecule has 0 unspecified atom stereocenters. The largest absolute Gasteiger partial charge is 0.395 e. The van der Waals surface area contributed by atoms with Crippen LogP contribution in [0.3, 0.4) is 0 Å². The lowest BCUT2D eigenvalue weighted by molar-refractivity contribution is 0.305. The van der Waals surface area contributed by atoms with Crippen LogP contribution in [-0.2, 0) is 10.2 Å². The molecule has 3 N–H and O–H groups in total. The first kappa shape index (κ1) is 15.4. The van der Waals surface area contributed by atoms with E-state index in [-0.39, 0.29) is 12.4 Å².